The predicted molar refractivity (Wildman–Crippen MR) is 86.4 cm³/mol. The number of hydrogen-bond acceptors (Lipinski definition) is 2. The molecule has 4 aliphatic carbocycles. The fourth-order valence-corrected chi connectivity index (χ4v) is 6.76. The van der Waals surface area contributed by atoms with Crippen LogP contribution in [-0.4, -0.2) is 11.6 Å². The Kier molecular flexibility index (Phi) is 3.57. The van der Waals surface area contributed by atoms with Crippen LogP contribution in [0.5, 0.6) is 0 Å². The standard InChI is InChI=1S/C20H26F2O2/c1-19-7-5-12(23)9-11(19)10-13(18(21)22)17-14-3-4-16(24)20(14,2)8-6-15(17)19/h11,14-15,17H,3-10H2,1-2H3/t11?,14-,15+,17-,19-,20-/m0/s1. The van der Waals surface area contributed by atoms with Crippen LogP contribution in [0.15, 0.2) is 11.7 Å². The number of ketones is 2. The molecule has 0 bridgehead atoms. The summed E-state index contributed by atoms with van der Waals surface area (Å²) in [6.45, 7) is 4.24. The third-order valence-electron chi connectivity index (χ3n) is 8.29. The van der Waals surface area contributed by atoms with E-state index in [4.69, 9.17) is 0 Å². The molecule has 4 heteroatoms. The molecular formula is C20H26F2O2. The molecule has 0 amide bonds. The number of hydrogen-bond donors (Lipinski definition) is 0. The van der Waals surface area contributed by atoms with Crippen LogP contribution in [0.25, 0.3) is 0 Å². The summed E-state index contributed by atoms with van der Waals surface area (Å²) < 4.78 is 27.7. The largest absolute Gasteiger partial charge is 0.300 e. The van der Waals surface area contributed by atoms with Crippen LogP contribution in [0.1, 0.15) is 65.2 Å². The smallest absolute Gasteiger partial charge is 0.269 e. The van der Waals surface area contributed by atoms with Gasteiger partial charge in [-0.05, 0) is 66.8 Å². The molecule has 0 N–H and O–H groups in total. The topological polar surface area (TPSA) is 34.1 Å². The van der Waals surface area contributed by atoms with Crippen molar-refractivity contribution in [2.24, 2.45) is 34.5 Å². The number of allylic oxidation sites excluding steroid dienone is 1. The maximum atomic E-state index is 13.9. The van der Waals surface area contributed by atoms with E-state index in [0.717, 1.165) is 25.7 Å². The monoisotopic (exact) mass is 336 g/mol. The average molecular weight is 336 g/mol. The third kappa shape index (κ3) is 2.04. The first kappa shape index (κ1) is 16.4. The highest BCUT2D eigenvalue weighted by Gasteiger charge is 2.62. The average Bonchev–Trinajstić information content (AvgIpc) is 2.83. The lowest BCUT2D eigenvalue weighted by atomic mass is 9.44. The van der Waals surface area contributed by atoms with Gasteiger partial charge in [0, 0.05) is 24.7 Å². The van der Waals surface area contributed by atoms with Crippen molar-refractivity contribution >= 4 is 11.6 Å². The number of carbonyl (C=O) groups excluding carboxylic acids is 2. The van der Waals surface area contributed by atoms with E-state index in [1.807, 2.05) is 6.92 Å². The zero-order valence-electron chi connectivity index (χ0n) is 14.5. The van der Waals surface area contributed by atoms with Gasteiger partial charge in [-0.3, -0.25) is 9.59 Å². The highest BCUT2D eigenvalue weighted by Crippen LogP contribution is 2.66. The van der Waals surface area contributed by atoms with Gasteiger partial charge in [0.1, 0.15) is 11.6 Å². The fraction of sp³-hybridized carbons (Fsp3) is 0.800. The molecular weight excluding hydrogens is 310 g/mol. The van der Waals surface area contributed by atoms with Crippen molar-refractivity contribution in [3.63, 3.8) is 0 Å². The second-order valence-electron chi connectivity index (χ2n) is 9.09. The Bertz CT molecular complexity index is 636. The maximum Gasteiger partial charge on any atom is 0.269 e. The lowest BCUT2D eigenvalue weighted by Crippen LogP contribution is -2.54. The van der Waals surface area contributed by atoms with E-state index < -0.39 is 11.5 Å². The van der Waals surface area contributed by atoms with E-state index in [9.17, 15) is 18.4 Å². The fourth-order valence-electron chi connectivity index (χ4n) is 6.76. The van der Waals surface area contributed by atoms with Gasteiger partial charge < -0.3 is 0 Å². The summed E-state index contributed by atoms with van der Waals surface area (Å²) in [5, 5.41) is 0. The van der Waals surface area contributed by atoms with Crippen LogP contribution in [0.4, 0.5) is 8.78 Å². The Balaban J connectivity index is 1.79. The van der Waals surface area contributed by atoms with Crippen LogP contribution in [-0.2, 0) is 9.59 Å². The Labute approximate surface area is 142 Å². The van der Waals surface area contributed by atoms with Gasteiger partial charge in [-0.1, -0.05) is 13.8 Å². The van der Waals surface area contributed by atoms with Crippen LogP contribution in [0.2, 0.25) is 0 Å². The first-order valence-electron chi connectivity index (χ1n) is 9.36. The van der Waals surface area contributed by atoms with Crippen LogP contribution in [0, 0.1) is 34.5 Å². The number of halogens is 2. The molecule has 4 rings (SSSR count). The second-order valence-corrected chi connectivity index (χ2v) is 9.09. The third-order valence-corrected chi connectivity index (χ3v) is 8.29. The van der Waals surface area contributed by atoms with Crippen LogP contribution >= 0.6 is 0 Å². The van der Waals surface area contributed by atoms with Crippen molar-refractivity contribution in [2.45, 2.75) is 65.2 Å². The Morgan fingerprint density at radius 3 is 2.46 bits per heavy atom. The van der Waals surface area contributed by atoms with Crippen molar-refractivity contribution in [1.82, 2.24) is 0 Å². The van der Waals surface area contributed by atoms with E-state index in [2.05, 4.69) is 6.92 Å². The minimum Gasteiger partial charge on any atom is -0.300 e. The molecule has 6 atom stereocenters. The molecule has 4 fully saturated rings. The molecule has 0 saturated heterocycles. The van der Waals surface area contributed by atoms with Crippen molar-refractivity contribution in [1.29, 1.82) is 0 Å². The van der Waals surface area contributed by atoms with Crippen molar-refractivity contribution < 1.29 is 18.4 Å². The predicted octanol–water partition coefficient (Wildman–Crippen LogP) is 4.93. The lowest BCUT2D eigenvalue weighted by Gasteiger charge is -2.59. The van der Waals surface area contributed by atoms with Gasteiger partial charge in [0.05, 0.1) is 0 Å². The molecule has 0 radical (unpaired) electrons. The highest BCUT2D eigenvalue weighted by atomic mass is 19.3. The molecule has 0 heterocycles. The Morgan fingerprint density at radius 1 is 1.00 bits per heavy atom. The molecule has 4 aliphatic rings. The Morgan fingerprint density at radius 2 is 1.75 bits per heavy atom. The summed E-state index contributed by atoms with van der Waals surface area (Å²) in [6, 6.07) is 0. The molecule has 0 aliphatic heterocycles. The molecule has 24 heavy (non-hydrogen) atoms. The molecule has 4 saturated carbocycles. The van der Waals surface area contributed by atoms with E-state index in [-0.39, 0.29) is 46.2 Å². The van der Waals surface area contributed by atoms with Crippen molar-refractivity contribution in [3.05, 3.63) is 11.7 Å². The van der Waals surface area contributed by atoms with Crippen molar-refractivity contribution in [2.75, 3.05) is 0 Å². The van der Waals surface area contributed by atoms with Crippen LogP contribution in [0.3, 0.4) is 0 Å². The van der Waals surface area contributed by atoms with E-state index >= 15 is 0 Å². The van der Waals surface area contributed by atoms with Gasteiger partial charge in [-0.15, -0.1) is 0 Å². The normalized spacial score (nSPS) is 47.9. The van der Waals surface area contributed by atoms with E-state index in [0.29, 0.717) is 25.7 Å². The summed E-state index contributed by atoms with van der Waals surface area (Å²) in [5.41, 5.74) is -0.150. The van der Waals surface area contributed by atoms with Crippen LogP contribution < -0.4 is 0 Å². The van der Waals surface area contributed by atoms with E-state index in [1.165, 1.54) is 0 Å². The molecule has 0 aromatic rings. The minimum atomic E-state index is -1.55. The molecule has 2 nitrogen and oxygen atoms in total. The first-order chi connectivity index (χ1) is 11.3. The van der Waals surface area contributed by atoms with Gasteiger partial charge in [-0.25, -0.2) is 0 Å². The molecule has 0 aromatic carbocycles. The quantitative estimate of drug-likeness (QED) is 0.629. The number of rotatable bonds is 0. The lowest BCUT2D eigenvalue weighted by molar-refractivity contribution is -0.138. The Hall–Kier alpha value is -1.06. The van der Waals surface area contributed by atoms with Gasteiger partial charge in [0.25, 0.3) is 6.08 Å². The first-order valence-corrected chi connectivity index (χ1v) is 9.36. The summed E-state index contributed by atoms with van der Waals surface area (Å²) >= 11 is 0. The molecule has 132 valence electrons. The summed E-state index contributed by atoms with van der Waals surface area (Å²) in [5.74, 6) is 0.662. The number of fused-ring (bicyclic) bond motifs is 5. The molecule has 1 unspecified atom stereocenters. The number of Topliss-reactive ketones (excluding diaryl/α,β-unsaturated/α-hetero) is 2. The van der Waals surface area contributed by atoms with Gasteiger partial charge in [-0.2, -0.15) is 8.78 Å². The summed E-state index contributed by atoms with van der Waals surface area (Å²) in [6.07, 6.45) is 3.66. The SMILES string of the molecule is C[C@]12CCC(=O)CC1CC(=C(F)F)[C@@H]1[C@H]2CC[C@]2(C)C(=O)CC[C@@H]12. The van der Waals surface area contributed by atoms with Gasteiger partial charge in [0.15, 0.2) is 0 Å². The number of carbonyl (C=O) groups is 2. The van der Waals surface area contributed by atoms with Gasteiger partial charge >= 0.3 is 0 Å². The van der Waals surface area contributed by atoms with Crippen molar-refractivity contribution in [3.8, 4) is 0 Å². The van der Waals surface area contributed by atoms with Gasteiger partial charge in [0.2, 0.25) is 0 Å². The molecule has 0 aromatic heterocycles. The maximum absolute atomic E-state index is 13.9. The molecule has 0 spiro atoms. The summed E-state index contributed by atoms with van der Waals surface area (Å²) in [7, 11) is 0. The minimum absolute atomic E-state index is 0.0233. The highest BCUT2D eigenvalue weighted by molar-refractivity contribution is 5.87. The second kappa shape index (κ2) is 5.22. The zero-order chi connectivity index (χ0) is 17.3. The zero-order valence-corrected chi connectivity index (χ0v) is 14.5. The summed E-state index contributed by atoms with van der Waals surface area (Å²) in [4.78, 5) is 24.4. The van der Waals surface area contributed by atoms with E-state index in [1.54, 1.807) is 0 Å².